The summed E-state index contributed by atoms with van der Waals surface area (Å²) in [6.07, 6.45) is 28.0. The van der Waals surface area contributed by atoms with Crippen LogP contribution in [0.2, 0.25) is 0 Å². The van der Waals surface area contributed by atoms with Crippen molar-refractivity contribution < 1.29 is 4.57 Å². The number of rotatable bonds is 18. The van der Waals surface area contributed by atoms with Gasteiger partial charge in [-0.1, -0.05) is 91.4 Å². The van der Waals surface area contributed by atoms with E-state index in [2.05, 4.69) is 48.6 Å². The molecule has 0 radical (unpaired) electrons. The molecule has 1 aromatic heterocycles. The van der Waals surface area contributed by atoms with Gasteiger partial charge in [0.25, 0.3) is 0 Å². The average Bonchev–Trinajstić information content (AvgIpc) is 3.06. The topological polar surface area (TPSA) is 8.81 Å². The zero-order chi connectivity index (χ0) is 18.9. The van der Waals surface area contributed by atoms with E-state index in [9.17, 15) is 0 Å². The first-order valence-corrected chi connectivity index (χ1v) is 11.8. The van der Waals surface area contributed by atoms with E-state index in [1.807, 2.05) is 0 Å². The van der Waals surface area contributed by atoms with Crippen molar-refractivity contribution in [2.75, 3.05) is 0 Å². The van der Waals surface area contributed by atoms with Gasteiger partial charge in [0.15, 0.2) is 0 Å². The molecule has 1 aromatic rings. The molecule has 0 atom stereocenters. The van der Waals surface area contributed by atoms with Gasteiger partial charge < -0.3 is 0 Å². The van der Waals surface area contributed by atoms with Crippen LogP contribution in [0.1, 0.15) is 117 Å². The summed E-state index contributed by atoms with van der Waals surface area (Å²) in [6, 6.07) is 0. The first-order valence-electron chi connectivity index (χ1n) is 11.8. The Hall–Kier alpha value is -0.790. The molecule has 0 N–H and O–H groups in total. The molecule has 1 heterocycles. The van der Waals surface area contributed by atoms with Crippen LogP contribution in [0.15, 0.2) is 18.7 Å². The molecule has 0 aliphatic heterocycles. The lowest BCUT2D eigenvalue weighted by Gasteiger charge is -2.03. The standard InChI is InChI=1S/C24H47N2/c1-4-5-6-7-8-9-10-11-12-13-14-15-16-19-25-21-22-26(23-25)20-17-18-24(2)3/h21-24H,4-20H2,1-3H3/q+1. The molecule has 0 fully saturated rings. The van der Waals surface area contributed by atoms with Crippen molar-refractivity contribution in [1.82, 2.24) is 4.57 Å². The molecule has 0 unspecified atom stereocenters. The van der Waals surface area contributed by atoms with Gasteiger partial charge in [-0.2, -0.15) is 0 Å². The zero-order valence-electron chi connectivity index (χ0n) is 18.2. The molecule has 2 heteroatoms. The molecule has 0 bridgehead atoms. The maximum absolute atomic E-state index is 2.37. The third-order valence-electron chi connectivity index (χ3n) is 5.46. The van der Waals surface area contributed by atoms with Gasteiger partial charge in [-0.25, -0.2) is 9.13 Å². The maximum Gasteiger partial charge on any atom is 0.243 e. The Kier molecular flexibility index (Phi) is 14.7. The van der Waals surface area contributed by atoms with Crippen molar-refractivity contribution in [3.63, 3.8) is 0 Å². The Morgan fingerprint density at radius 3 is 1.81 bits per heavy atom. The Bertz CT molecular complexity index is 408. The first-order chi connectivity index (χ1) is 12.7. The Labute approximate surface area is 164 Å². The number of hydrogen-bond acceptors (Lipinski definition) is 0. The van der Waals surface area contributed by atoms with Crippen LogP contribution < -0.4 is 4.57 Å². The highest BCUT2D eigenvalue weighted by atomic mass is 15.1. The first kappa shape index (κ1) is 23.2. The second-order valence-electron chi connectivity index (χ2n) is 8.67. The van der Waals surface area contributed by atoms with Crippen LogP contribution in [-0.4, -0.2) is 4.57 Å². The lowest BCUT2D eigenvalue weighted by Crippen LogP contribution is -2.31. The van der Waals surface area contributed by atoms with E-state index < -0.39 is 0 Å². The summed E-state index contributed by atoms with van der Waals surface area (Å²) in [5, 5.41) is 0. The van der Waals surface area contributed by atoms with Gasteiger partial charge in [-0.05, 0) is 31.6 Å². The van der Waals surface area contributed by atoms with Crippen LogP contribution in [0.4, 0.5) is 0 Å². The minimum atomic E-state index is 0.823. The number of aryl methyl sites for hydroxylation is 2. The quantitative estimate of drug-likeness (QED) is 0.191. The summed E-state index contributed by atoms with van der Waals surface area (Å²) in [5.41, 5.74) is 0. The molecular weight excluding hydrogens is 316 g/mol. The summed E-state index contributed by atoms with van der Waals surface area (Å²) in [5.74, 6) is 0.823. The average molecular weight is 364 g/mol. The number of imidazole rings is 1. The zero-order valence-corrected chi connectivity index (χ0v) is 18.2. The summed E-state index contributed by atoms with van der Waals surface area (Å²) >= 11 is 0. The number of unbranched alkanes of at least 4 members (excludes halogenated alkanes) is 12. The van der Waals surface area contributed by atoms with Crippen molar-refractivity contribution in [2.24, 2.45) is 5.92 Å². The molecule has 0 aromatic carbocycles. The summed E-state index contributed by atoms with van der Waals surface area (Å²) in [6.45, 7) is 9.28. The lowest BCUT2D eigenvalue weighted by molar-refractivity contribution is -0.697. The molecule has 0 saturated heterocycles. The van der Waals surface area contributed by atoms with E-state index >= 15 is 0 Å². The van der Waals surface area contributed by atoms with Crippen molar-refractivity contribution in [3.8, 4) is 0 Å². The normalized spacial score (nSPS) is 11.5. The fourth-order valence-electron chi connectivity index (χ4n) is 3.70. The molecule has 26 heavy (non-hydrogen) atoms. The number of aromatic nitrogens is 2. The van der Waals surface area contributed by atoms with E-state index in [4.69, 9.17) is 0 Å². The highest BCUT2D eigenvalue weighted by molar-refractivity contribution is 4.66. The van der Waals surface area contributed by atoms with Crippen LogP contribution in [0.5, 0.6) is 0 Å². The fourth-order valence-corrected chi connectivity index (χ4v) is 3.70. The maximum atomic E-state index is 2.37. The van der Waals surface area contributed by atoms with Gasteiger partial charge in [-0.3, -0.25) is 0 Å². The minimum absolute atomic E-state index is 0.823. The van der Waals surface area contributed by atoms with E-state index in [1.54, 1.807) is 0 Å². The molecule has 0 spiro atoms. The van der Waals surface area contributed by atoms with Crippen LogP contribution in [0.25, 0.3) is 0 Å². The molecule has 0 amide bonds. The lowest BCUT2D eigenvalue weighted by atomic mass is 10.0. The highest BCUT2D eigenvalue weighted by Gasteiger charge is 2.04. The van der Waals surface area contributed by atoms with Crippen molar-refractivity contribution in [2.45, 2.75) is 130 Å². The van der Waals surface area contributed by atoms with Crippen LogP contribution in [-0.2, 0) is 13.1 Å². The SMILES string of the molecule is CCCCCCCCCCCCCCCn1cc[n+](CCCC(C)C)c1. The molecule has 0 aliphatic carbocycles. The molecule has 1 rings (SSSR count). The summed E-state index contributed by atoms with van der Waals surface area (Å²) < 4.78 is 4.72. The third kappa shape index (κ3) is 13.4. The highest BCUT2D eigenvalue weighted by Crippen LogP contribution is 2.12. The van der Waals surface area contributed by atoms with E-state index in [1.165, 1.54) is 109 Å². The predicted molar refractivity (Wildman–Crippen MR) is 114 cm³/mol. The van der Waals surface area contributed by atoms with Crippen LogP contribution in [0, 0.1) is 5.92 Å². The van der Waals surface area contributed by atoms with Crippen molar-refractivity contribution >= 4 is 0 Å². The second-order valence-corrected chi connectivity index (χ2v) is 8.67. The smallest absolute Gasteiger partial charge is 0.237 e. The van der Waals surface area contributed by atoms with Gasteiger partial charge in [-0.15, -0.1) is 0 Å². The molecular formula is C24H47N2+. The van der Waals surface area contributed by atoms with E-state index in [-0.39, 0.29) is 0 Å². The Balaban J connectivity index is 1.86. The monoisotopic (exact) mass is 363 g/mol. The third-order valence-corrected chi connectivity index (χ3v) is 5.46. The fraction of sp³-hybridized carbons (Fsp3) is 0.875. The Morgan fingerprint density at radius 1 is 0.731 bits per heavy atom. The van der Waals surface area contributed by atoms with E-state index in [0.717, 1.165) is 5.92 Å². The van der Waals surface area contributed by atoms with Gasteiger partial charge in [0.1, 0.15) is 12.4 Å². The van der Waals surface area contributed by atoms with Crippen molar-refractivity contribution in [1.29, 1.82) is 0 Å². The van der Waals surface area contributed by atoms with Gasteiger partial charge in [0.2, 0.25) is 6.33 Å². The molecule has 0 saturated carbocycles. The van der Waals surface area contributed by atoms with Crippen molar-refractivity contribution in [3.05, 3.63) is 18.7 Å². The predicted octanol–water partition coefficient (Wildman–Crippen LogP) is 7.30. The summed E-state index contributed by atoms with van der Waals surface area (Å²) in [7, 11) is 0. The number of hydrogen-bond donors (Lipinski definition) is 0. The summed E-state index contributed by atoms with van der Waals surface area (Å²) in [4.78, 5) is 0. The Morgan fingerprint density at radius 2 is 1.27 bits per heavy atom. The minimum Gasteiger partial charge on any atom is -0.237 e. The van der Waals surface area contributed by atoms with Crippen LogP contribution >= 0.6 is 0 Å². The van der Waals surface area contributed by atoms with Gasteiger partial charge in [0, 0.05) is 0 Å². The molecule has 0 aliphatic rings. The molecule has 152 valence electrons. The molecule has 2 nitrogen and oxygen atoms in total. The van der Waals surface area contributed by atoms with Crippen LogP contribution in [0.3, 0.4) is 0 Å². The van der Waals surface area contributed by atoms with E-state index in [0.29, 0.717) is 0 Å². The second kappa shape index (κ2) is 16.4. The van der Waals surface area contributed by atoms with Gasteiger partial charge in [0.05, 0.1) is 13.1 Å². The largest absolute Gasteiger partial charge is 0.243 e. The van der Waals surface area contributed by atoms with Gasteiger partial charge >= 0.3 is 0 Å². The number of nitrogens with zero attached hydrogens (tertiary/aromatic N) is 2.